The molecule has 4 nitrogen and oxygen atoms in total. The summed E-state index contributed by atoms with van der Waals surface area (Å²) in [6.45, 7) is 0. The van der Waals surface area contributed by atoms with E-state index < -0.39 is 0 Å². The smallest absolute Gasteiger partial charge is 0.156 e. The number of fused-ring (bicyclic) bond motifs is 3. The number of nitrogens with two attached hydrogens (primary N) is 1. The predicted molar refractivity (Wildman–Crippen MR) is 111 cm³/mol. The van der Waals surface area contributed by atoms with Crippen LogP contribution in [0.1, 0.15) is 0 Å². The van der Waals surface area contributed by atoms with Gasteiger partial charge in [0.05, 0.1) is 16.6 Å². The van der Waals surface area contributed by atoms with Crippen LogP contribution in [0.15, 0.2) is 78.9 Å². The first kappa shape index (κ1) is 15.9. The molecule has 0 atom stereocenters. The highest BCUT2D eigenvalue weighted by Crippen LogP contribution is 2.40. The molecular formula is C22H15ClN4. The van der Waals surface area contributed by atoms with Crippen LogP contribution >= 0.6 is 11.6 Å². The minimum atomic E-state index is 0.357. The van der Waals surface area contributed by atoms with Crippen LogP contribution in [-0.4, -0.2) is 14.8 Å². The van der Waals surface area contributed by atoms with Gasteiger partial charge in [-0.05, 0) is 24.3 Å². The fourth-order valence-corrected chi connectivity index (χ4v) is 3.83. The Morgan fingerprint density at radius 2 is 1.48 bits per heavy atom. The lowest BCUT2D eigenvalue weighted by Gasteiger charge is -2.13. The van der Waals surface area contributed by atoms with Gasteiger partial charge in [0.1, 0.15) is 5.52 Å². The molecule has 0 bridgehead atoms. The lowest BCUT2D eigenvalue weighted by atomic mass is 10.0. The lowest BCUT2D eigenvalue weighted by Crippen LogP contribution is -2.01. The van der Waals surface area contributed by atoms with Crippen LogP contribution in [0.25, 0.3) is 38.8 Å². The van der Waals surface area contributed by atoms with Gasteiger partial charge in [0.15, 0.2) is 5.82 Å². The summed E-state index contributed by atoms with van der Waals surface area (Å²) < 4.78 is 2.17. The van der Waals surface area contributed by atoms with Gasteiger partial charge in [-0.1, -0.05) is 66.2 Å². The highest BCUT2D eigenvalue weighted by molar-refractivity contribution is 6.34. The van der Waals surface area contributed by atoms with Gasteiger partial charge in [-0.3, -0.25) is 0 Å². The fourth-order valence-electron chi connectivity index (χ4n) is 3.60. The standard InChI is InChI=1S/C22H15ClN4/c23-17-12-6-4-10-15(17)19-21-20(25-26-22(19)24)16-11-5-7-13-18(16)27(21)14-8-2-1-3-9-14/h1-13H,(H2,24,26). The first-order valence-corrected chi connectivity index (χ1v) is 8.99. The van der Waals surface area contributed by atoms with Crippen LogP contribution < -0.4 is 5.73 Å². The van der Waals surface area contributed by atoms with Crippen molar-refractivity contribution in [1.82, 2.24) is 14.8 Å². The summed E-state index contributed by atoms with van der Waals surface area (Å²) in [6.07, 6.45) is 0. The van der Waals surface area contributed by atoms with Gasteiger partial charge >= 0.3 is 0 Å². The van der Waals surface area contributed by atoms with Gasteiger partial charge in [0, 0.05) is 21.7 Å². The first-order chi connectivity index (χ1) is 13.3. The Morgan fingerprint density at radius 1 is 0.778 bits per heavy atom. The number of aromatic nitrogens is 3. The molecule has 0 saturated heterocycles. The second-order valence-electron chi connectivity index (χ2n) is 6.33. The third-order valence-corrected chi connectivity index (χ3v) is 5.09. The SMILES string of the molecule is Nc1nnc2c3ccccc3n(-c3ccccc3)c2c1-c1ccccc1Cl. The van der Waals surface area contributed by atoms with Crippen molar-refractivity contribution in [3.05, 3.63) is 83.9 Å². The monoisotopic (exact) mass is 370 g/mol. The average molecular weight is 371 g/mol. The number of hydrogen-bond acceptors (Lipinski definition) is 3. The number of nitrogen functional groups attached to an aromatic ring is 1. The van der Waals surface area contributed by atoms with Crippen molar-refractivity contribution >= 4 is 39.4 Å². The fraction of sp³-hybridized carbons (Fsp3) is 0. The predicted octanol–water partition coefficient (Wildman–Crippen LogP) is 5.48. The van der Waals surface area contributed by atoms with E-state index in [-0.39, 0.29) is 0 Å². The molecule has 0 unspecified atom stereocenters. The molecule has 0 spiro atoms. The maximum absolute atomic E-state index is 6.52. The molecule has 27 heavy (non-hydrogen) atoms. The molecule has 0 saturated carbocycles. The molecule has 0 fully saturated rings. The summed E-state index contributed by atoms with van der Waals surface area (Å²) in [5.74, 6) is 0.357. The zero-order chi connectivity index (χ0) is 18.4. The molecule has 0 radical (unpaired) electrons. The van der Waals surface area contributed by atoms with Crippen molar-refractivity contribution in [2.24, 2.45) is 0 Å². The quantitative estimate of drug-likeness (QED) is 0.448. The van der Waals surface area contributed by atoms with Gasteiger partial charge in [-0.15, -0.1) is 10.2 Å². The second-order valence-corrected chi connectivity index (χ2v) is 6.73. The topological polar surface area (TPSA) is 56.7 Å². The second kappa shape index (κ2) is 6.11. The van der Waals surface area contributed by atoms with Crippen molar-refractivity contribution in [3.63, 3.8) is 0 Å². The maximum Gasteiger partial charge on any atom is 0.156 e. The van der Waals surface area contributed by atoms with Gasteiger partial charge < -0.3 is 10.3 Å². The Morgan fingerprint density at radius 3 is 2.30 bits per heavy atom. The summed E-state index contributed by atoms with van der Waals surface area (Å²) in [5.41, 5.74) is 11.7. The molecule has 2 heterocycles. The van der Waals surface area contributed by atoms with Crippen molar-refractivity contribution in [3.8, 4) is 16.8 Å². The van der Waals surface area contributed by atoms with Gasteiger partial charge in [-0.25, -0.2) is 0 Å². The van der Waals surface area contributed by atoms with E-state index in [1.54, 1.807) is 0 Å². The molecule has 2 N–H and O–H groups in total. The molecule has 5 heteroatoms. The van der Waals surface area contributed by atoms with Crippen LogP contribution in [0.4, 0.5) is 5.82 Å². The zero-order valence-corrected chi connectivity index (χ0v) is 15.1. The van der Waals surface area contributed by atoms with Crippen molar-refractivity contribution in [2.45, 2.75) is 0 Å². The number of benzene rings is 3. The summed E-state index contributed by atoms with van der Waals surface area (Å²) in [7, 11) is 0. The Hall–Kier alpha value is -3.37. The number of rotatable bonds is 2. The Balaban J connectivity index is 2.04. The van der Waals surface area contributed by atoms with Gasteiger partial charge in [0.2, 0.25) is 0 Å². The van der Waals surface area contributed by atoms with Crippen molar-refractivity contribution in [2.75, 3.05) is 5.73 Å². The van der Waals surface area contributed by atoms with E-state index in [9.17, 15) is 0 Å². The van der Waals surface area contributed by atoms with Crippen LogP contribution in [0.5, 0.6) is 0 Å². The third kappa shape index (κ3) is 2.38. The number of para-hydroxylation sites is 2. The number of anilines is 1. The molecule has 0 aliphatic rings. The zero-order valence-electron chi connectivity index (χ0n) is 14.3. The summed E-state index contributed by atoms with van der Waals surface area (Å²) >= 11 is 6.52. The molecule has 0 aliphatic heterocycles. The van der Waals surface area contributed by atoms with Crippen LogP contribution in [0.3, 0.4) is 0 Å². The normalized spacial score (nSPS) is 11.3. The van der Waals surface area contributed by atoms with E-state index in [1.165, 1.54) is 0 Å². The minimum absolute atomic E-state index is 0.357. The Bertz CT molecular complexity index is 1290. The Labute approximate surface area is 160 Å². The molecule has 3 aromatic carbocycles. The van der Waals surface area contributed by atoms with E-state index in [2.05, 4.69) is 39.0 Å². The van der Waals surface area contributed by atoms with Crippen LogP contribution in [0, 0.1) is 0 Å². The van der Waals surface area contributed by atoms with E-state index in [4.69, 9.17) is 17.3 Å². The number of nitrogens with zero attached hydrogens (tertiary/aromatic N) is 3. The van der Waals surface area contributed by atoms with Crippen LogP contribution in [0.2, 0.25) is 5.02 Å². The average Bonchev–Trinajstić information content (AvgIpc) is 3.04. The van der Waals surface area contributed by atoms with E-state index in [1.807, 2.05) is 54.6 Å². The highest BCUT2D eigenvalue weighted by atomic mass is 35.5. The lowest BCUT2D eigenvalue weighted by molar-refractivity contribution is 1.08. The highest BCUT2D eigenvalue weighted by Gasteiger charge is 2.21. The Kier molecular flexibility index (Phi) is 3.59. The minimum Gasteiger partial charge on any atom is -0.382 e. The summed E-state index contributed by atoms with van der Waals surface area (Å²) in [6, 6.07) is 26.0. The molecule has 2 aromatic heterocycles. The van der Waals surface area contributed by atoms with E-state index in [0.29, 0.717) is 10.8 Å². The summed E-state index contributed by atoms with van der Waals surface area (Å²) in [4.78, 5) is 0. The van der Waals surface area contributed by atoms with Crippen molar-refractivity contribution < 1.29 is 0 Å². The maximum atomic E-state index is 6.52. The van der Waals surface area contributed by atoms with Crippen molar-refractivity contribution in [1.29, 1.82) is 0 Å². The molecule has 130 valence electrons. The third-order valence-electron chi connectivity index (χ3n) is 4.76. The molecule has 5 aromatic rings. The van der Waals surface area contributed by atoms with E-state index in [0.717, 1.165) is 38.8 Å². The van der Waals surface area contributed by atoms with Gasteiger partial charge in [0.25, 0.3) is 0 Å². The van der Waals surface area contributed by atoms with Gasteiger partial charge in [-0.2, -0.15) is 0 Å². The molecule has 0 amide bonds. The first-order valence-electron chi connectivity index (χ1n) is 8.61. The van der Waals surface area contributed by atoms with Crippen LogP contribution in [-0.2, 0) is 0 Å². The number of halogens is 1. The largest absolute Gasteiger partial charge is 0.382 e. The molecule has 5 rings (SSSR count). The molecular weight excluding hydrogens is 356 g/mol. The molecule has 0 aliphatic carbocycles. The number of hydrogen-bond donors (Lipinski definition) is 1. The van der Waals surface area contributed by atoms with E-state index >= 15 is 0 Å². The summed E-state index contributed by atoms with van der Waals surface area (Å²) in [5, 5.41) is 10.3.